The van der Waals surface area contributed by atoms with Gasteiger partial charge in [0.05, 0.1) is 28.4 Å². The van der Waals surface area contributed by atoms with E-state index in [-0.39, 0.29) is 25.0 Å². The molecule has 0 bridgehead atoms. The highest BCUT2D eigenvalue weighted by atomic mass is 35.5. The summed E-state index contributed by atoms with van der Waals surface area (Å²) in [6.07, 6.45) is 0.714. The second kappa shape index (κ2) is 9.87. The maximum absolute atomic E-state index is 12.9. The summed E-state index contributed by atoms with van der Waals surface area (Å²) in [5.74, 6) is 0.0478. The molecule has 1 aliphatic rings. The lowest BCUT2D eigenvalue weighted by Crippen LogP contribution is -2.33. The number of nitrogens with one attached hydrogen (secondary N) is 2. The van der Waals surface area contributed by atoms with Crippen molar-refractivity contribution in [2.45, 2.75) is 12.5 Å². The molecule has 0 saturated carbocycles. The van der Waals surface area contributed by atoms with Gasteiger partial charge in [0, 0.05) is 30.8 Å². The van der Waals surface area contributed by atoms with E-state index in [4.69, 9.17) is 32.7 Å². The van der Waals surface area contributed by atoms with Crippen molar-refractivity contribution in [2.24, 2.45) is 0 Å². The zero-order valence-electron chi connectivity index (χ0n) is 17.4. The van der Waals surface area contributed by atoms with Crippen LogP contribution in [0.1, 0.15) is 28.6 Å². The average Bonchev–Trinajstić information content (AvgIpc) is 3.07. The maximum Gasteiger partial charge on any atom is 0.253 e. The predicted octanol–water partition coefficient (Wildman–Crippen LogP) is 3.74. The van der Waals surface area contributed by atoms with Crippen LogP contribution in [0.2, 0.25) is 10.0 Å². The molecule has 1 atom stereocenters. The van der Waals surface area contributed by atoms with E-state index >= 15 is 0 Å². The van der Waals surface area contributed by atoms with Crippen LogP contribution < -0.4 is 10.2 Å². The highest BCUT2D eigenvalue weighted by Gasteiger charge is 2.23. The number of hydrogen-bond acceptors (Lipinski definition) is 5. The molecule has 0 spiro atoms. The number of anilines is 1. The fourth-order valence-corrected chi connectivity index (χ4v) is 4.03. The van der Waals surface area contributed by atoms with E-state index in [0.29, 0.717) is 46.7 Å². The summed E-state index contributed by atoms with van der Waals surface area (Å²) in [6, 6.07) is 9.68. The predicted molar refractivity (Wildman–Crippen MR) is 122 cm³/mol. The van der Waals surface area contributed by atoms with Crippen molar-refractivity contribution in [3.05, 3.63) is 57.8 Å². The van der Waals surface area contributed by atoms with E-state index in [1.54, 1.807) is 48.4 Å². The smallest absolute Gasteiger partial charge is 0.253 e. The molecule has 1 saturated heterocycles. The summed E-state index contributed by atoms with van der Waals surface area (Å²) in [5.41, 5.74) is 2.42. The number of fused-ring (bicyclic) bond motifs is 1. The lowest BCUT2D eigenvalue weighted by Gasteiger charge is -2.22. The number of carbonyl (C=O) groups is 2. The molecule has 2 heterocycles. The first-order chi connectivity index (χ1) is 15.5. The molecule has 1 aromatic heterocycles. The Labute approximate surface area is 194 Å². The number of nitrogens with zero attached hydrogens (tertiary/aromatic N) is 2. The first-order valence-corrected chi connectivity index (χ1v) is 10.8. The van der Waals surface area contributed by atoms with Gasteiger partial charge in [0.25, 0.3) is 11.8 Å². The Morgan fingerprint density at radius 2 is 2.16 bits per heavy atom. The molecule has 10 heteroatoms. The minimum atomic E-state index is -0.513. The van der Waals surface area contributed by atoms with Crippen LogP contribution in [-0.4, -0.2) is 55.3 Å². The molecule has 8 nitrogen and oxygen atoms in total. The number of carbonyl (C=O) groups excluding carboxylic acids is 2. The van der Waals surface area contributed by atoms with E-state index in [1.165, 1.54) is 0 Å². The van der Waals surface area contributed by atoms with Crippen LogP contribution in [0.25, 0.3) is 11.0 Å². The minimum Gasteiger partial charge on any atom is -0.382 e. The third-order valence-electron chi connectivity index (χ3n) is 5.13. The Morgan fingerprint density at radius 1 is 1.31 bits per heavy atom. The summed E-state index contributed by atoms with van der Waals surface area (Å²) in [4.78, 5) is 34.5. The van der Waals surface area contributed by atoms with Crippen molar-refractivity contribution in [1.29, 1.82) is 0 Å². The van der Waals surface area contributed by atoms with E-state index < -0.39 is 6.04 Å². The number of methoxy groups -OCH3 is 1. The molecule has 2 N–H and O–H groups in total. The van der Waals surface area contributed by atoms with Gasteiger partial charge in [-0.25, -0.2) is 4.98 Å². The standard InChI is InChI=1S/C22H22Cl2N4O4/c1-31-11-18(21-25-16-5-4-14(23)10-17(16)26-21)27-22(30)13-3-6-19(15(24)9-13)28-7-2-8-32-12-20(28)29/h3-6,9-10,18H,2,7-8,11-12H2,1H3,(H,25,26)(H,27,30). The van der Waals surface area contributed by atoms with Gasteiger partial charge in [-0.2, -0.15) is 0 Å². The van der Waals surface area contributed by atoms with Gasteiger partial charge >= 0.3 is 0 Å². The number of ether oxygens (including phenoxy) is 2. The third-order valence-corrected chi connectivity index (χ3v) is 5.67. The van der Waals surface area contributed by atoms with Crippen molar-refractivity contribution in [1.82, 2.24) is 15.3 Å². The van der Waals surface area contributed by atoms with E-state index in [2.05, 4.69) is 15.3 Å². The van der Waals surface area contributed by atoms with Crippen LogP contribution in [0.4, 0.5) is 5.69 Å². The summed E-state index contributed by atoms with van der Waals surface area (Å²) in [5, 5.41) is 3.82. The fourth-order valence-electron chi connectivity index (χ4n) is 3.57. The molecule has 32 heavy (non-hydrogen) atoms. The molecule has 2 aromatic carbocycles. The lowest BCUT2D eigenvalue weighted by molar-refractivity contribution is -0.122. The van der Waals surface area contributed by atoms with Crippen LogP contribution in [0.15, 0.2) is 36.4 Å². The molecule has 2 amide bonds. The van der Waals surface area contributed by atoms with E-state index in [9.17, 15) is 9.59 Å². The van der Waals surface area contributed by atoms with Crippen LogP contribution >= 0.6 is 23.2 Å². The monoisotopic (exact) mass is 476 g/mol. The van der Waals surface area contributed by atoms with Crippen LogP contribution in [0.3, 0.4) is 0 Å². The Bertz CT molecular complexity index is 1150. The van der Waals surface area contributed by atoms with Crippen molar-refractivity contribution in [2.75, 3.05) is 38.4 Å². The molecule has 1 aliphatic heterocycles. The number of rotatable bonds is 6. The number of hydrogen-bond donors (Lipinski definition) is 2. The highest BCUT2D eigenvalue weighted by Crippen LogP contribution is 2.28. The van der Waals surface area contributed by atoms with Gasteiger partial charge in [-0.1, -0.05) is 23.2 Å². The van der Waals surface area contributed by atoms with Crippen molar-refractivity contribution >= 4 is 51.7 Å². The second-order valence-electron chi connectivity index (χ2n) is 7.38. The van der Waals surface area contributed by atoms with Gasteiger partial charge in [-0.15, -0.1) is 0 Å². The van der Waals surface area contributed by atoms with E-state index in [0.717, 1.165) is 11.0 Å². The zero-order valence-corrected chi connectivity index (χ0v) is 18.9. The van der Waals surface area contributed by atoms with Gasteiger partial charge in [-0.05, 0) is 42.8 Å². The second-order valence-corrected chi connectivity index (χ2v) is 8.23. The number of benzene rings is 2. The molecule has 4 rings (SSSR count). The van der Waals surface area contributed by atoms with Gasteiger partial charge in [0.2, 0.25) is 0 Å². The zero-order chi connectivity index (χ0) is 22.7. The number of aromatic nitrogens is 2. The molecule has 0 aliphatic carbocycles. The Balaban J connectivity index is 1.54. The topological polar surface area (TPSA) is 96.6 Å². The number of imidazole rings is 1. The van der Waals surface area contributed by atoms with Gasteiger partial charge in [0.15, 0.2) is 0 Å². The summed E-state index contributed by atoms with van der Waals surface area (Å²) >= 11 is 12.5. The molecule has 168 valence electrons. The summed E-state index contributed by atoms with van der Waals surface area (Å²) in [7, 11) is 1.55. The number of amides is 2. The van der Waals surface area contributed by atoms with Crippen LogP contribution in [-0.2, 0) is 14.3 Å². The average molecular weight is 477 g/mol. The normalized spacial score (nSPS) is 15.6. The lowest BCUT2D eigenvalue weighted by atomic mass is 10.1. The third kappa shape index (κ3) is 4.88. The maximum atomic E-state index is 12.9. The van der Waals surface area contributed by atoms with Crippen molar-refractivity contribution < 1.29 is 19.1 Å². The SMILES string of the molecule is COCC(NC(=O)c1ccc(N2CCCOCC2=O)c(Cl)c1)c1nc2ccc(Cl)cc2[nH]1. The number of H-pyrrole nitrogens is 1. The quantitative estimate of drug-likeness (QED) is 0.564. The summed E-state index contributed by atoms with van der Waals surface area (Å²) < 4.78 is 10.5. The number of aromatic amines is 1. The van der Waals surface area contributed by atoms with Crippen molar-refractivity contribution in [3.8, 4) is 0 Å². The first-order valence-electron chi connectivity index (χ1n) is 10.1. The minimum absolute atomic E-state index is 0.0139. The van der Waals surface area contributed by atoms with E-state index in [1.807, 2.05) is 0 Å². The van der Waals surface area contributed by atoms with Crippen LogP contribution in [0, 0.1) is 0 Å². The Morgan fingerprint density at radius 3 is 2.94 bits per heavy atom. The largest absolute Gasteiger partial charge is 0.382 e. The summed E-state index contributed by atoms with van der Waals surface area (Å²) in [6.45, 7) is 1.26. The Kier molecular flexibility index (Phi) is 6.95. The molecular formula is C22H22Cl2N4O4. The molecule has 1 fully saturated rings. The Hall–Kier alpha value is -2.65. The molecule has 0 radical (unpaired) electrons. The molecule has 1 unspecified atom stereocenters. The highest BCUT2D eigenvalue weighted by molar-refractivity contribution is 6.34. The molecule has 3 aromatic rings. The van der Waals surface area contributed by atoms with Gasteiger partial charge in [-0.3, -0.25) is 9.59 Å². The van der Waals surface area contributed by atoms with Crippen molar-refractivity contribution in [3.63, 3.8) is 0 Å². The first kappa shape index (κ1) is 22.5. The van der Waals surface area contributed by atoms with Gasteiger partial charge < -0.3 is 24.7 Å². The fraction of sp³-hybridized carbons (Fsp3) is 0.318. The van der Waals surface area contributed by atoms with Gasteiger partial charge in [0.1, 0.15) is 18.5 Å². The molecular weight excluding hydrogens is 455 g/mol. The van der Waals surface area contributed by atoms with Crippen LogP contribution in [0.5, 0.6) is 0 Å². The number of halogens is 2.